The van der Waals surface area contributed by atoms with Crippen LogP contribution in [0, 0.1) is 0 Å². The first-order valence-electron chi connectivity index (χ1n) is 20.3. The topological polar surface area (TPSA) is 240 Å². The second-order valence-corrected chi connectivity index (χ2v) is 15.2. The number of para-hydroxylation sites is 2. The predicted octanol–water partition coefficient (Wildman–Crippen LogP) is 3.57. The summed E-state index contributed by atoms with van der Waals surface area (Å²) in [6.07, 6.45) is 7.92. The number of benzene rings is 3. The van der Waals surface area contributed by atoms with Crippen molar-refractivity contribution in [3.05, 3.63) is 113 Å². The van der Waals surface area contributed by atoms with Gasteiger partial charge in [0.05, 0.1) is 40.0 Å². The first-order chi connectivity index (χ1) is 29.7. The molecule has 5 heterocycles. The van der Waals surface area contributed by atoms with E-state index >= 15 is 0 Å². The van der Waals surface area contributed by atoms with Crippen molar-refractivity contribution in [1.82, 2.24) is 35.1 Å². The Labute approximate surface area is 372 Å². The second kappa shape index (κ2) is 19.2. The van der Waals surface area contributed by atoms with Crippen LogP contribution in [0.4, 0.5) is 11.6 Å². The van der Waals surface area contributed by atoms with E-state index in [4.69, 9.17) is 27.3 Å². The number of nitrogens with two attached hydrogens (primary N) is 2. The van der Waals surface area contributed by atoms with Gasteiger partial charge < -0.3 is 36.5 Å². The monoisotopic (exact) mass is 1010 g/mol. The van der Waals surface area contributed by atoms with Gasteiger partial charge in [0, 0.05) is 78.4 Å². The zero-order chi connectivity index (χ0) is 42.6. The quantitative estimate of drug-likeness (QED) is 0.0295. The van der Waals surface area contributed by atoms with Crippen molar-refractivity contribution in [2.45, 2.75) is 31.7 Å². The van der Waals surface area contributed by atoms with Gasteiger partial charge in [-0.3, -0.25) is 34.3 Å². The number of hydrogen-bond acceptors (Lipinski definition) is 13. The number of rotatable bonds is 17. The molecule has 1 atom stereocenters. The smallest absolute Gasteiger partial charge is 0.677 e. The molecule has 17 nitrogen and oxygen atoms in total. The molecule has 3 aliphatic rings. The molecule has 8 rings (SSSR count). The molecule has 0 spiro atoms. The summed E-state index contributed by atoms with van der Waals surface area (Å²) in [4.78, 5) is 82.9. The van der Waals surface area contributed by atoms with Crippen LogP contribution in [-0.4, -0.2) is 118 Å². The second-order valence-electron chi connectivity index (χ2n) is 15.2. The number of hydrogen-bond donors (Lipinski definition) is 5. The van der Waals surface area contributed by atoms with Gasteiger partial charge in [-0.2, -0.15) is 6.54 Å². The van der Waals surface area contributed by atoms with Crippen LogP contribution in [0.15, 0.2) is 84.8 Å². The van der Waals surface area contributed by atoms with Crippen molar-refractivity contribution in [1.29, 1.82) is 0 Å². The summed E-state index contributed by atoms with van der Waals surface area (Å²) in [6, 6.07) is 19.0. The number of carbonyl (C=O) groups is 4. The number of hydrazine groups is 1. The van der Waals surface area contributed by atoms with Gasteiger partial charge in [0.15, 0.2) is 0 Å². The maximum Gasteiger partial charge on any atom is 2.00 e. The fourth-order valence-electron chi connectivity index (χ4n) is 8.22. The van der Waals surface area contributed by atoms with E-state index in [-0.39, 0.29) is 57.3 Å². The third-order valence-corrected chi connectivity index (χ3v) is 11.3. The maximum absolute atomic E-state index is 13.5. The molecule has 3 aliphatic heterocycles. The Morgan fingerprint density at radius 2 is 1.63 bits per heavy atom. The number of imide groups is 2. The van der Waals surface area contributed by atoms with E-state index < -0.39 is 29.7 Å². The van der Waals surface area contributed by atoms with E-state index in [2.05, 4.69) is 25.4 Å². The SMILES string of the molecule is [NH-]CCC([C-]=O)N1C(=O)c2cccc(NC/C(N)=C/N(N)CCCCCN3CCN(c4nc(C5=C(c6c[nH]c7ccccc67)C(=O)NC5=O)c5ccccc5n4)CC3)c2C1=O.[W+2]. The fourth-order valence-corrected chi connectivity index (χ4v) is 8.22. The third kappa shape index (κ3) is 8.74. The molecule has 0 bridgehead atoms. The van der Waals surface area contributed by atoms with Gasteiger partial charge in [0.2, 0.25) is 5.95 Å². The van der Waals surface area contributed by atoms with Gasteiger partial charge >= 0.3 is 21.1 Å². The number of nitrogens with one attached hydrogen (secondary N) is 4. The van der Waals surface area contributed by atoms with E-state index in [9.17, 15) is 24.0 Å². The van der Waals surface area contributed by atoms with Gasteiger partial charge in [0.1, 0.15) is 0 Å². The molecule has 18 heteroatoms. The minimum absolute atomic E-state index is 0. The number of aromatic nitrogens is 3. The van der Waals surface area contributed by atoms with Crippen LogP contribution in [0.3, 0.4) is 0 Å². The number of carbonyl (C=O) groups excluding carboxylic acids is 5. The van der Waals surface area contributed by atoms with Crippen LogP contribution in [-0.2, 0) is 35.4 Å². The summed E-state index contributed by atoms with van der Waals surface area (Å²) in [5, 5.41) is 8.70. The number of H-pyrrole nitrogens is 1. The first-order valence-corrected chi connectivity index (χ1v) is 20.3. The van der Waals surface area contributed by atoms with Gasteiger partial charge in [-0.15, -0.1) is 0 Å². The summed E-state index contributed by atoms with van der Waals surface area (Å²) in [5.41, 5.74) is 18.0. The Kier molecular flexibility index (Phi) is 13.6. The van der Waals surface area contributed by atoms with Crippen molar-refractivity contribution >= 4 is 74.5 Å². The molecular weight excluding hydrogens is 960 g/mol. The Bertz CT molecular complexity index is 2600. The Morgan fingerprint density at radius 3 is 2.40 bits per heavy atom. The third-order valence-electron chi connectivity index (χ3n) is 11.3. The largest absolute Gasteiger partial charge is 2.00 e. The minimum atomic E-state index is -1.11. The normalized spacial score (nSPS) is 16.3. The van der Waals surface area contributed by atoms with Gasteiger partial charge in [-0.05, 0) is 43.7 Å². The minimum Gasteiger partial charge on any atom is -0.677 e. The number of fused-ring (bicyclic) bond motifs is 3. The molecule has 0 aliphatic carbocycles. The number of aromatic amines is 1. The van der Waals surface area contributed by atoms with Crippen molar-refractivity contribution in [3.63, 3.8) is 0 Å². The molecule has 0 saturated carbocycles. The molecule has 3 aromatic carbocycles. The molecule has 318 valence electrons. The Morgan fingerprint density at radius 1 is 0.887 bits per heavy atom. The van der Waals surface area contributed by atoms with Crippen LogP contribution in [0.5, 0.6) is 0 Å². The predicted molar refractivity (Wildman–Crippen MR) is 232 cm³/mol. The molecular formula is C44H46N12O5W. The maximum atomic E-state index is 13.5. The Balaban J connectivity index is 0.00000578. The molecule has 8 N–H and O–H groups in total. The average Bonchev–Trinajstić information content (AvgIpc) is 3.91. The molecule has 62 heavy (non-hydrogen) atoms. The van der Waals surface area contributed by atoms with Crippen LogP contribution < -0.4 is 27.1 Å². The summed E-state index contributed by atoms with van der Waals surface area (Å²) in [5.74, 6) is 4.63. The summed E-state index contributed by atoms with van der Waals surface area (Å²) >= 11 is 0. The summed E-state index contributed by atoms with van der Waals surface area (Å²) in [6.45, 7) is 4.57. The first kappa shape index (κ1) is 43.8. The number of nitrogens with zero attached hydrogens (tertiary/aromatic N) is 6. The van der Waals surface area contributed by atoms with E-state index in [1.807, 2.05) is 48.5 Å². The number of amides is 4. The summed E-state index contributed by atoms with van der Waals surface area (Å²) < 4.78 is 0. The molecule has 4 amide bonds. The van der Waals surface area contributed by atoms with E-state index in [1.165, 1.54) is 11.1 Å². The van der Waals surface area contributed by atoms with Crippen LogP contribution in [0.2, 0.25) is 0 Å². The van der Waals surface area contributed by atoms with Gasteiger partial charge in [-0.1, -0.05) is 61.3 Å². The van der Waals surface area contributed by atoms with Crippen molar-refractivity contribution in [2.24, 2.45) is 11.6 Å². The molecule has 2 aromatic heterocycles. The van der Waals surface area contributed by atoms with Gasteiger partial charge in [-0.25, -0.2) is 22.1 Å². The number of anilines is 2. The number of piperazine rings is 1. The van der Waals surface area contributed by atoms with E-state index in [0.717, 1.165) is 54.7 Å². The molecule has 1 saturated heterocycles. The van der Waals surface area contributed by atoms with Crippen molar-refractivity contribution < 1.29 is 45.0 Å². The van der Waals surface area contributed by atoms with Crippen LogP contribution in [0.1, 0.15) is 57.7 Å². The Hall–Kier alpha value is -6.26. The fraction of sp³-hybridized carbons (Fsp3) is 0.295. The molecule has 1 fully saturated rings. The molecule has 1 unspecified atom stereocenters. The van der Waals surface area contributed by atoms with Gasteiger partial charge in [0.25, 0.3) is 23.6 Å². The number of unbranched alkanes of at least 4 members (excludes halogenated alkanes) is 2. The van der Waals surface area contributed by atoms with Crippen LogP contribution in [0.25, 0.3) is 38.7 Å². The van der Waals surface area contributed by atoms with E-state index in [1.54, 1.807) is 30.8 Å². The van der Waals surface area contributed by atoms with E-state index in [0.29, 0.717) is 64.7 Å². The molecule has 5 aromatic rings. The van der Waals surface area contributed by atoms with Crippen LogP contribution >= 0.6 is 0 Å². The summed E-state index contributed by atoms with van der Waals surface area (Å²) in [7, 11) is 0. The standard InChI is InChI=1S/C44H46N12O5.W/c45-16-15-28(26-57)56-42(60)31-11-8-14-35(36(31)43(56)61)48-23-27(46)25-55(47)18-7-1-6-17-53-19-21-54(22-20-53)44-50-34-13-5-3-10-30(34)39(51-44)38-37(40(58)52-41(38)59)32-24-49-33-12-4-2-9-29(32)33;/h2-5,8-14,24-25,28,45,48-49H,1,6-7,15-23,46-47H2,(H,52,58,59);/q-2;+2/b27-25-;. The zero-order valence-corrected chi connectivity index (χ0v) is 36.8. The van der Waals surface area contributed by atoms with Crippen molar-refractivity contribution in [2.75, 3.05) is 62.6 Å². The van der Waals surface area contributed by atoms with Crippen molar-refractivity contribution in [3.8, 4) is 0 Å². The molecule has 0 radical (unpaired) electrons. The average molecular weight is 1010 g/mol. The zero-order valence-electron chi connectivity index (χ0n) is 33.9.